The highest BCUT2D eigenvalue weighted by atomic mass is 32.2. The molecule has 0 atom stereocenters. The van der Waals surface area contributed by atoms with Crippen molar-refractivity contribution in [1.29, 1.82) is 0 Å². The topological polar surface area (TPSA) is 75.7 Å². The number of ether oxygens (including phenoxy) is 1. The molecule has 1 aromatic carbocycles. The molecule has 1 saturated heterocycles. The molecule has 0 saturated carbocycles. The Morgan fingerprint density at radius 1 is 1.33 bits per heavy atom. The number of benzene rings is 1. The highest BCUT2D eigenvalue weighted by Gasteiger charge is 2.33. The van der Waals surface area contributed by atoms with Gasteiger partial charge in [0.25, 0.3) is 0 Å². The Morgan fingerprint density at radius 2 is 2.00 bits per heavy atom. The fourth-order valence-corrected chi connectivity index (χ4v) is 5.09. The van der Waals surface area contributed by atoms with Gasteiger partial charge in [-0.25, -0.2) is 13.2 Å². The summed E-state index contributed by atoms with van der Waals surface area (Å²) in [4.78, 5) is 12.0. The number of nitrogens with zero attached hydrogens (tertiary/aromatic N) is 1. The van der Waals surface area contributed by atoms with Crippen molar-refractivity contribution in [2.45, 2.75) is 44.0 Å². The lowest BCUT2D eigenvalue weighted by Gasteiger charge is -2.34. The second-order valence-corrected chi connectivity index (χ2v) is 7.93. The number of esters is 1. The van der Waals surface area contributed by atoms with Gasteiger partial charge in [0.15, 0.2) is 0 Å². The molecule has 0 aromatic heterocycles. The molecular weight excluding hydrogens is 328 g/mol. The Balaban J connectivity index is 2.44. The van der Waals surface area contributed by atoms with Gasteiger partial charge in [0.05, 0.1) is 17.6 Å². The minimum Gasteiger partial charge on any atom is -0.465 e. The zero-order valence-corrected chi connectivity index (χ0v) is 15.4. The summed E-state index contributed by atoms with van der Waals surface area (Å²) in [5.74, 6) is -0.532. The molecule has 24 heavy (non-hydrogen) atoms. The van der Waals surface area contributed by atoms with Gasteiger partial charge < -0.3 is 10.1 Å². The molecule has 1 fully saturated rings. The Morgan fingerprint density at radius 3 is 2.58 bits per heavy atom. The van der Waals surface area contributed by atoms with Gasteiger partial charge in [-0.3, -0.25) is 0 Å². The first-order chi connectivity index (χ1) is 11.4. The summed E-state index contributed by atoms with van der Waals surface area (Å²) in [6.07, 6.45) is 2.35. The van der Waals surface area contributed by atoms with Crippen molar-refractivity contribution in [3.8, 4) is 0 Å². The summed E-state index contributed by atoms with van der Waals surface area (Å²) in [6.45, 7) is 5.85. The normalized spacial score (nSPS) is 16.3. The van der Waals surface area contributed by atoms with Crippen LogP contribution in [0.5, 0.6) is 0 Å². The van der Waals surface area contributed by atoms with Crippen LogP contribution in [0.25, 0.3) is 0 Å². The van der Waals surface area contributed by atoms with Crippen LogP contribution in [-0.4, -0.2) is 51.5 Å². The van der Waals surface area contributed by atoms with Crippen LogP contribution in [-0.2, 0) is 14.8 Å². The molecule has 0 bridgehead atoms. The Bertz CT molecular complexity index is 682. The molecule has 1 aromatic rings. The smallest absolute Gasteiger partial charge is 0.337 e. The van der Waals surface area contributed by atoms with Gasteiger partial charge in [-0.15, -0.1) is 0 Å². The van der Waals surface area contributed by atoms with Crippen molar-refractivity contribution in [3.05, 3.63) is 29.3 Å². The third-order valence-electron chi connectivity index (χ3n) is 4.36. The standard InChI is InChI=1S/C17H26N2O4S/c1-4-11-19(15-7-9-18-10-8-15)24(21,22)16-12-14(17(20)23-3)6-5-13(16)2/h5-6,12,15,18H,4,7-11H2,1-3H3. The first-order valence-corrected chi connectivity index (χ1v) is 9.77. The van der Waals surface area contributed by atoms with E-state index in [0.717, 1.165) is 32.4 Å². The Labute approximate surface area is 144 Å². The number of rotatable bonds is 6. The van der Waals surface area contributed by atoms with Crippen molar-refractivity contribution in [2.24, 2.45) is 0 Å². The average molecular weight is 354 g/mol. The zero-order chi connectivity index (χ0) is 17.7. The van der Waals surface area contributed by atoms with Crippen LogP contribution in [0.1, 0.15) is 42.1 Å². The minimum atomic E-state index is -3.66. The molecule has 2 rings (SSSR count). The number of carbonyl (C=O) groups is 1. The Hall–Kier alpha value is -1.44. The molecule has 1 aliphatic rings. The molecule has 1 N–H and O–H groups in total. The molecule has 134 valence electrons. The number of hydrogen-bond acceptors (Lipinski definition) is 5. The van der Waals surface area contributed by atoms with E-state index in [9.17, 15) is 13.2 Å². The van der Waals surface area contributed by atoms with E-state index in [1.54, 1.807) is 23.4 Å². The summed E-state index contributed by atoms with van der Waals surface area (Å²) in [7, 11) is -2.37. The first-order valence-electron chi connectivity index (χ1n) is 8.33. The third kappa shape index (κ3) is 3.96. The molecule has 6 nitrogen and oxygen atoms in total. The average Bonchev–Trinajstić information content (AvgIpc) is 2.59. The van der Waals surface area contributed by atoms with Crippen molar-refractivity contribution in [1.82, 2.24) is 9.62 Å². The number of piperidine rings is 1. The van der Waals surface area contributed by atoms with E-state index in [2.05, 4.69) is 5.32 Å². The van der Waals surface area contributed by atoms with Gasteiger partial charge in [-0.1, -0.05) is 13.0 Å². The molecule has 0 unspecified atom stereocenters. The van der Waals surface area contributed by atoms with Gasteiger partial charge in [0.1, 0.15) is 0 Å². The Kier molecular flexibility index (Phi) is 6.37. The third-order valence-corrected chi connectivity index (χ3v) is 6.45. The molecule has 0 aliphatic carbocycles. The SMILES string of the molecule is CCCN(C1CCNCC1)S(=O)(=O)c1cc(C(=O)OC)ccc1C. The predicted octanol–water partition coefficient (Wildman–Crippen LogP) is 1.93. The maximum atomic E-state index is 13.3. The van der Waals surface area contributed by atoms with Crippen molar-refractivity contribution < 1.29 is 17.9 Å². The number of aryl methyl sites for hydroxylation is 1. The van der Waals surface area contributed by atoms with Crippen LogP contribution in [0.3, 0.4) is 0 Å². The summed E-state index contributed by atoms with van der Waals surface area (Å²) in [6, 6.07) is 4.68. The summed E-state index contributed by atoms with van der Waals surface area (Å²) >= 11 is 0. The largest absolute Gasteiger partial charge is 0.465 e. The highest BCUT2D eigenvalue weighted by Crippen LogP contribution is 2.26. The maximum absolute atomic E-state index is 13.3. The molecule has 0 radical (unpaired) electrons. The lowest BCUT2D eigenvalue weighted by molar-refractivity contribution is 0.0600. The number of nitrogens with one attached hydrogen (secondary N) is 1. The van der Waals surface area contributed by atoms with Crippen LogP contribution < -0.4 is 5.32 Å². The van der Waals surface area contributed by atoms with Crippen LogP contribution in [0, 0.1) is 6.92 Å². The number of carbonyl (C=O) groups excluding carboxylic acids is 1. The van der Waals surface area contributed by atoms with E-state index in [1.165, 1.54) is 13.2 Å². The summed E-state index contributed by atoms with van der Waals surface area (Å²) in [5, 5.41) is 3.26. The quantitative estimate of drug-likeness (QED) is 0.790. The van der Waals surface area contributed by atoms with Gasteiger partial charge in [0, 0.05) is 12.6 Å². The van der Waals surface area contributed by atoms with E-state index in [0.29, 0.717) is 12.1 Å². The van der Waals surface area contributed by atoms with Crippen molar-refractivity contribution >= 4 is 16.0 Å². The van der Waals surface area contributed by atoms with Crippen molar-refractivity contribution in [2.75, 3.05) is 26.7 Å². The summed E-state index contributed by atoms with van der Waals surface area (Å²) in [5.41, 5.74) is 0.890. The molecule has 0 amide bonds. The molecule has 1 heterocycles. The van der Waals surface area contributed by atoms with Gasteiger partial charge in [-0.2, -0.15) is 4.31 Å². The monoisotopic (exact) mass is 354 g/mol. The molecule has 1 aliphatic heterocycles. The van der Waals surface area contributed by atoms with Crippen LogP contribution in [0.15, 0.2) is 23.1 Å². The predicted molar refractivity (Wildman–Crippen MR) is 92.6 cm³/mol. The van der Waals surface area contributed by atoms with E-state index >= 15 is 0 Å². The van der Waals surface area contributed by atoms with Crippen LogP contribution >= 0.6 is 0 Å². The van der Waals surface area contributed by atoms with E-state index in [1.807, 2.05) is 6.92 Å². The second-order valence-electron chi connectivity index (χ2n) is 6.07. The van der Waals surface area contributed by atoms with Gasteiger partial charge >= 0.3 is 5.97 Å². The molecule has 7 heteroatoms. The van der Waals surface area contributed by atoms with Gasteiger partial charge in [-0.05, 0) is 57.0 Å². The fourth-order valence-electron chi connectivity index (χ4n) is 3.06. The summed E-state index contributed by atoms with van der Waals surface area (Å²) < 4.78 is 32.8. The first kappa shape index (κ1) is 18.9. The number of hydrogen-bond donors (Lipinski definition) is 1. The maximum Gasteiger partial charge on any atom is 0.337 e. The minimum absolute atomic E-state index is 0.00242. The number of methoxy groups -OCH3 is 1. The second kappa shape index (κ2) is 8.09. The van der Waals surface area contributed by atoms with E-state index in [4.69, 9.17) is 4.74 Å². The van der Waals surface area contributed by atoms with E-state index in [-0.39, 0.29) is 16.5 Å². The number of sulfonamides is 1. The molecular formula is C17H26N2O4S. The van der Waals surface area contributed by atoms with Crippen LogP contribution in [0.4, 0.5) is 0 Å². The lowest BCUT2D eigenvalue weighted by atomic mass is 10.1. The van der Waals surface area contributed by atoms with E-state index < -0.39 is 16.0 Å². The highest BCUT2D eigenvalue weighted by molar-refractivity contribution is 7.89. The fraction of sp³-hybridized carbons (Fsp3) is 0.588. The zero-order valence-electron chi connectivity index (χ0n) is 14.5. The molecule has 0 spiro atoms. The lowest BCUT2D eigenvalue weighted by Crippen LogP contribution is -2.46. The van der Waals surface area contributed by atoms with Crippen LogP contribution in [0.2, 0.25) is 0 Å². The van der Waals surface area contributed by atoms with Crippen molar-refractivity contribution in [3.63, 3.8) is 0 Å². The van der Waals surface area contributed by atoms with Gasteiger partial charge in [0.2, 0.25) is 10.0 Å².